The molecule has 174 valence electrons. The molecule has 2 amide bonds. The van der Waals surface area contributed by atoms with Crippen LogP contribution in [0.4, 0.5) is 11.4 Å². The van der Waals surface area contributed by atoms with Crippen LogP contribution < -0.4 is 15.0 Å². The Balaban J connectivity index is 1.46. The summed E-state index contributed by atoms with van der Waals surface area (Å²) in [4.78, 5) is 43.4. The van der Waals surface area contributed by atoms with Crippen LogP contribution in [0.5, 0.6) is 5.75 Å². The van der Waals surface area contributed by atoms with Crippen LogP contribution in [0.3, 0.4) is 0 Å². The van der Waals surface area contributed by atoms with Gasteiger partial charge < -0.3 is 10.1 Å². The third-order valence-electron chi connectivity index (χ3n) is 5.66. The Labute approximate surface area is 198 Å². The van der Waals surface area contributed by atoms with Gasteiger partial charge in [-0.1, -0.05) is 19.1 Å². The highest BCUT2D eigenvalue weighted by molar-refractivity contribution is 6.07. The predicted octanol–water partition coefficient (Wildman–Crippen LogP) is 4.41. The van der Waals surface area contributed by atoms with Crippen LogP contribution in [0.15, 0.2) is 67.0 Å². The summed E-state index contributed by atoms with van der Waals surface area (Å²) in [6.07, 6.45) is 4.73. The van der Waals surface area contributed by atoms with E-state index in [4.69, 9.17) is 4.74 Å². The Morgan fingerprint density at radius 2 is 1.74 bits per heavy atom. The second kappa shape index (κ2) is 10.3. The van der Waals surface area contributed by atoms with Gasteiger partial charge in [0.1, 0.15) is 12.3 Å². The fourth-order valence-electron chi connectivity index (χ4n) is 3.90. The van der Waals surface area contributed by atoms with E-state index in [-0.39, 0.29) is 24.1 Å². The quantitative estimate of drug-likeness (QED) is 0.506. The van der Waals surface area contributed by atoms with E-state index in [9.17, 15) is 14.4 Å². The zero-order valence-electron chi connectivity index (χ0n) is 19.3. The molecule has 1 aromatic heterocycles. The predicted molar refractivity (Wildman–Crippen MR) is 130 cm³/mol. The summed E-state index contributed by atoms with van der Waals surface area (Å²) in [6, 6.07) is 16.6. The smallest absolute Gasteiger partial charge is 0.268 e. The van der Waals surface area contributed by atoms with E-state index < -0.39 is 6.10 Å². The number of aromatic nitrogens is 1. The van der Waals surface area contributed by atoms with Gasteiger partial charge >= 0.3 is 0 Å². The molecular weight excluding hydrogens is 430 g/mol. The van der Waals surface area contributed by atoms with Crippen LogP contribution >= 0.6 is 0 Å². The monoisotopic (exact) mass is 457 g/mol. The zero-order valence-corrected chi connectivity index (χ0v) is 19.3. The van der Waals surface area contributed by atoms with Crippen molar-refractivity contribution in [1.29, 1.82) is 0 Å². The van der Waals surface area contributed by atoms with E-state index in [2.05, 4.69) is 10.3 Å². The first-order valence-corrected chi connectivity index (χ1v) is 11.4. The minimum absolute atomic E-state index is 0.00683. The molecule has 2 heterocycles. The standard InChI is InChI=1S/C27H27N3O4/c1-3-4-24(31)21-7-10-25-23(16-21)30(27(33)18(2)34-25)17-26(32)29-22-8-5-19(6-9-22)15-20-11-13-28-14-12-20/h5-14,16,18H,3-4,15,17H2,1-2H3,(H,29,32). The van der Waals surface area contributed by atoms with Gasteiger partial charge in [0, 0.05) is 30.1 Å². The highest BCUT2D eigenvalue weighted by Crippen LogP contribution is 2.35. The molecule has 1 aliphatic rings. The molecule has 1 unspecified atom stereocenters. The second-order valence-corrected chi connectivity index (χ2v) is 8.32. The molecule has 0 saturated heterocycles. The second-order valence-electron chi connectivity index (χ2n) is 8.32. The maximum absolute atomic E-state index is 12.8. The highest BCUT2D eigenvalue weighted by Gasteiger charge is 2.33. The van der Waals surface area contributed by atoms with Crippen molar-refractivity contribution in [3.63, 3.8) is 0 Å². The SMILES string of the molecule is CCCC(=O)c1ccc2c(c1)N(CC(=O)Nc1ccc(Cc3ccncc3)cc1)C(=O)C(C)O2. The summed E-state index contributed by atoms with van der Waals surface area (Å²) in [5.41, 5.74) is 3.85. The maximum Gasteiger partial charge on any atom is 0.268 e. The summed E-state index contributed by atoms with van der Waals surface area (Å²) >= 11 is 0. The summed E-state index contributed by atoms with van der Waals surface area (Å²) < 4.78 is 5.69. The number of fused-ring (bicyclic) bond motifs is 1. The summed E-state index contributed by atoms with van der Waals surface area (Å²) in [6.45, 7) is 3.41. The molecular formula is C27H27N3O4. The van der Waals surface area contributed by atoms with E-state index in [0.29, 0.717) is 29.1 Å². The van der Waals surface area contributed by atoms with E-state index in [0.717, 1.165) is 24.0 Å². The van der Waals surface area contributed by atoms with Gasteiger partial charge in [0.15, 0.2) is 11.9 Å². The molecule has 0 radical (unpaired) electrons. The number of Topliss-reactive ketones (excluding diaryl/α,β-unsaturated/α-hetero) is 1. The molecule has 7 nitrogen and oxygen atoms in total. The number of amides is 2. The van der Waals surface area contributed by atoms with Crippen molar-refractivity contribution in [1.82, 2.24) is 4.98 Å². The first-order valence-electron chi connectivity index (χ1n) is 11.4. The van der Waals surface area contributed by atoms with Gasteiger partial charge in [-0.25, -0.2) is 0 Å². The topological polar surface area (TPSA) is 88.6 Å². The molecule has 0 bridgehead atoms. The van der Waals surface area contributed by atoms with Crippen molar-refractivity contribution < 1.29 is 19.1 Å². The minimum atomic E-state index is -0.718. The number of rotatable bonds is 8. The lowest BCUT2D eigenvalue weighted by Crippen LogP contribution is -2.47. The Hall–Kier alpha value is -4.00. The van der Waals surface area contributed by atoms with Gasteiger partial charge in [0.25, 0.3) is 5.91 Å². The van der Waals surface area contributed by atoms with Gasteiger partial charge in [-0.15, -0.1) is 0 Å². The van der Waals surface area contributed by atoms with Crippen LogP contribution in [-0.2, 0) is 16.0 Å². The molecule has 7 heteroatoms. The fourth-order valence-corrected chi connectivity index (χ4v) is 3.90. The third-order valence-corrected chi connectivity index (χ3v) is 5.66. The van der Waals surface area contributed by atoms with Gasteiger partial charge in [-0.3, -0.25) is 24.3 Å². The molecule has 1 aliphatic heterocycles. The van der Waals surface area contributed by atoms with Crippen LogP contribution in [0.1, 0.15) is 48.2 Å². The number of carbonyl (C=O) groups excluding carboxylic acids is 3. The van der Waals surface area contributed by atoms with Crippen molar-refractivity contribution in [2.45, 2.75) is 39.2 Å². The lowest BCUT2D eigenvalue weighted by Gasteiger charge is -2.32. The number of nitrogens with one attached hydrogen (secondary N) is 1. The molecule has 0 saturated carbocycles. The average Bonchev–Trinajstić information content (AvgIpc) is 2.84. The maximum atomic E-state index is 12.8. The molecule has 0 aliphatic carbocycles. The zero-order chi connectivity index (χ0) is 24.1. The van der Waals surface area contributed by atoms with Crippen LogP contribution in [0.25, 0.3) is 0 Å². The van der Waals surface area contributed by atoms with Crippen LogP contribution in [0.2, 0.25) is 0 Å². The minimum Gasteiger partial charge on any atom is -0.479 e. The van der Waals surface area contributed by atoms with Crippen LogP contribution in [-0.4, -0.2) is 35.2 Å². The number of hydrogen-bond donors (Lipinski definition) is 1. The number of hydrogen-bond acceptors (Lipinski definition) is 5. The number of ether oxygens (including phenoxy) is 1. The lowest BCUT2D eigenvalue weighted by molar-refractivity contribution is -0.127. The number of ketones is 1. The van der Waals surface area contributed by atoms with Gasteiger partial charge in [-0.05, 0) is 73.4 Å². The normalized spacial score (nSPS) is 14.8. The van der Waals surface area contributed by atoms with Crippen molar-refractivity contribution in [3.05, 3.63) is 83.7 Å². The lowest BCUT2D eigenvalue weighted by atomic mass is 10.0. The van der Waals surface area contributed by atoms with Gasteiger partial charge in [0.2, 0.25) is 5.91 Å². The van der Waals surface area contributed by atoms with Gasteiger partial charge in [-0.2, -0.15) is 0 Å². The largest absolute Gasteiger partial charge is 0.479 e. The molecule has 0 fully saturated rings. The number of carbonyl (C=O) groups is 3. The average molecular weight is 458 g/mol. The molecule has 34 heavy (non-hydrogen) atoms. The Morgan fingerprint density at radius 1 is 1.03 bits per heavy atom. The Kier molecular flexibility index (Phi) is 7.01. The number of anilines is 2. The van der Waals surface area contributed by atoms with Crippen molar-refractivity contribution in [3.8, 4) is 5.75 Å². The molecule has 4 rings (SSSR count). The number of benzene rings is 2. The first-order chi connectivity index (χ1) is 16.4. The van der Waals surface area contributed by atoms with E-state index in [1.54, 1.807) is 37.5 Å². The number of pyridine rings is 1. The molecule has 3 aromatic rings. The van der Waals surface area contributed by atoms with Crippen molar-refractivity contribution in [2.75, 3.05) is 16.8 Å². The third kappa shape index (κ3) is 5.31. The van der Waals surface area contributed by atoms with E-state index in [1.165, 1.54) is 4.90 Å². The molecule has 2 aromatic carbocycles. The van der Waals surface area contributed by atoms with Gasteiger partial charge in [0.05, 0.1) is 5.69 Å². The Morgan fingerprint density at radius 3 is 2.44 bits per heavy atom. The van der Waals surface area contributed by atoms with Crippen LogP contribution in [0, 0.1) is 0 Å². The summed E-state index contributed by atoms with van der Waals surface area (Å²) in [7, 11) is 0. The van der Waals surface area contributed by atoms with Crippen molar-refractivity contribution in [2.24, 2.45) is 0 Å². The van der Waals surface area contributed by atoms with E-state index >= 15 is 0 Å². The summed E-state index contributed by atoms with van der Waals surface area (Å²) in [5.74, 6) is -0.183. The van der Waals surface area contributed by atoms with E-state index in [1.807, 2.05) is 43.3 Å². The van der Waals surface area contributed by atoms with Crippen molar-refractivity contribution >= 4 is 29.0 Å². The highest BCUT2D eigenvalue weighted by atomic mass is 16.5. The number of nitrogens with zero attached hydrogens (tertiary/aromatic N) is 2. The Bertz CT molecular complexity index is 1190. The summed E-state index contributed by atoms with van der Waals surface area (Å²) in [5, 5.41) is 2.85. The molecule has 1 atom stereocenters. The first kappa shape index (κ1) is 23.2. The molecule has 1 N–H and O–H groups in total. The molecule has 0 spiro atoms. The fraction of sp³-hybridized carbons (Fsp3) is 0.259.